The smallest absolute Gasteiger partial charge is 0.00203 e. The Labute approximate surface area is 88.4 Å². The summed E-state index contributed by atoms with van der Waals surface area (Å²) in [6.45, 7) is 3.23. The third-order valence-corrected chi connectivity index (χ3v) is 4.45. The van der Waals surface area contributed by atoms with Gasteiger partial charge in [-0.15, -0.1) is 0 Å². The largest absolute Gasteiger partial charge is 0.330 e. The van der Waals surface area contributed by atoms with E-state index in [9.17, 15) is 0 Å². The zero-order chi connectivity index (χ0) is 10.0. The summed E-state index contributed by atoms with van der Waals surface area (Å²) in [5.74, 6) is 2.18. The zero-order valence-corrected chi connectivity index (χ0v) is 9.60. The van der Waals surface area contributed by atoms with Gasteiger partial charge in [-0.25, -0.2) is 0 Å². The molecule has 0 aromatic carbocycles. The molecule has 2 atom stereocenters. The van der Waals surface area contributed by atoms with Gasteiger partial charge < -0.3 is 5.73 Å². The lowest BCUT2D eigenvalue weighted by atomic mass is 9.78. The molecular weight excluding hydrogens is 170 g/mol. The predicted octanol–water partition coefficient (Wildman–Crippen LogP) is 3.33. The average Bonchev–Trinajstić information content (AvgIpc) is 2.82. The minimum Gasteiger partial charge on any atom is -0.330 e. The molecule has 0 spiro atoms. The van der Waals surface area contributed by atoms with Crippen LogP contribution in [0.3, 0.4) is 0 Å². The van der Waals surface area contributed by atoms with E-state index in [1.807, 2.05) is 0 Å². The van der Waals surface area contributed by atoms with Crippen molar-refractivity contribution in [3.8, 4) is 0 Å². The number of hydrogen-bond acceptors (Lipinski definition) is 1. The topological polar surface area (TPSA) is 26.0 Å². The van der Waals surface area contributed by atoms with Crippen molar-refractivity contribution in [2.75, 3.05) is 6.54 Å². The molecule has 0 bridgehead atoms. The molecule has 2 saturated carbocycles. The normalized spacial score (nSPS) is 39.9. The van der Waals surface area contributed by atoms with E-state index < -0.39 is 0 Å². The Kier molecular flexibility index (Phi) is 3.16. The fourth-order valence-electron chi connectivity index (χ4n) is 3.41. The van der Waals surface area contributed by atoms with E-state index in [-0.39, 0.29) is 0 Å². The first-order valence-corrected chi connectivity index (χ1v) is 6.50. The first-order chi connectivity index (χ1) is 6.79. The molecule has 14 heavy (non-hydrogen) atoms. The van der Waals surface area contributed by atoms with Crippen molar-refractivity contribution in [1.29, 1.82) is 0 Å². The molecule has 0 aromatic heterocycles. The van der Waals surface area contributed by atoms with Crippen LogP contribution >= 0.6 is 0 Å². The summed E-state index contributed by atoms with van der Waals surface area (Å²) in [6, 6.07) is 0. The van der Waals surface area contributed by atoms with Gasteiger partial charge in [-0.3, -0.25) is 0 Å². The highest BCUT2D eigenvalue weighted by Crippen LogP contribution is 2.61. The molecule has 2 rings (SSSR count). The van der Waals surface area contributed by atoms with Crippen LogP contribution in [-0.2, 0) is 0 Å². The molecule has 1 heteroatoms. The second-order valence-electron chi connectivity index (χ2n) is 5.68. The fraction of sp³-hybridized carbons (Fsp3) is 1.00. The van der Waals surface area contributed by atoms with Crippen molar-refractivity contribution in [3.05, 3.63) is 0 Å². The van der Waals surface area contributed by atoms with Gasteiger partial charge in [-0.05, 0) is 49.5 Å². The maximum absolute atomic E-state index is 5.97. The van der Waals surface area contributed by atoms with Gasteiger partial charge in [0.05, 0.1) is 0 Å². The average molecular weight is 195 g/mol. The van der Waals surface area contributed by atoms with Gasteiger partial charge in [-0.1, -0.05) is 32.6 Å². The summed E-state index contributed by atoms with van der Waals surface area (Å²) in [7, 11) is 0. The SMILES string of the molecule is CCCCCCC1(CN)CC2CC2C1. The molecule has 0 aromatic rings. The Morgan fingerprint density at radius 2 is 1.86 bits per heavy atom. The van der Waals surface area contributed by atoms with Gasteiger partial charge in [-0.2, -0.15) is 0 Å². The molecule has 2 unspecified atom stereocenters. The lowest BCUT2D eigenvalue weighted by Crippen LogP contribution is -2.28. The summed E-state index contributed by atoms with van der Waals surface area (Å²) in [5, 5.41) is 0. The van der Waals surface area contributed by atoms with Crippen molar-refractivity contribution in [3.63, 3.8) is 0 Å². The third kappa shape index (κ3) is 2.13. The minimum absolute atomic E-state index is 0.585. The van der Waals surface area contributed by atoms with E-state index in [1.54, 1.807) is 0 Å². The van der Waals surface area contributed by atoms with Crippen LogP contribution in [0.1, 0.15) is 58.3 Å². The Bertz CT molecular complexity index is 178. The van der Waals surface area contributed by atoms with E-state index in [2.05, 4.69) is 6.92 Å². The zero-order valence-electron chi connectivity index (χ0n) is 9.60. The van der Waals surface area contributed by atoms with E-state index >= 15 is 0 Å². The molecule has 2 N–H and O–H groups in total. The highest BCUT2D eigenvalue weighted by Gasteiger charge is 2.52. The predicted molar refractivity (Wildman–Crippen MR) is 61.1 cm³/mol. The van der Waals surface area contributed by atoms with Gasteiger partial charge in [0, 0.05) is 0 Å². The van der Waals surface area contributed by atoms with Crippen molar-refractivity contribution in [1.82, 2.24) is 0 Å². The molecule has 0 aliphatic heterocycles. The Morgan fingerprint density at radius 3 is 2.43 bits per heavy atom. The molecule has 0 amide bonds. The maximum atomic E-state index is 5.97. The van der Waals surface area contributed by atoms with Crippen LogP contribution < -0.4 is 5.73 Å². The number of unbranched alkanes of at least 4 members (excludes halogenated alkanes) is 3. The quantitative estimate of drug-likeness (QED) is 0.646. The lowest BCUT2D eigenvalue weighted by Gasteiger charge is -2.29. The van der Waals surface area contributed by atoms with Crippen molar-refractivity contribution >= 4 is 0 Å². The summed E-state index contributed by atoms with van der Waals surface area (Å²) in [4.78, 5) is 0. The summed E-state index contributed by atoms with van der Waals surface area (Å²) < 4.78 is 0. The van der Waals surface area contributed by atoms with Crippen molar-refractivity contribution in [2.45, 2.75) is 58.3 Å². The van der Waals surface area contributed by atoms with Crippen LogP contribution in [0.25, 0.3) is 0 Å². The van der Waals surface area contributed by atoms with Crippen LogP contribution in [0.2, 0.25) is 0 Å². The molecule has 2 aliphatic rings. The van der Waals surface area contributed by atoms with Crippen LogP contribution in [0.15, 0.2) is 0 Å². The van der Waals surface area contributed by atoms with Gasteiger partial charge in [0.15, 0.2) is 0 Å². The van der Waals surface area contributed by atoms with Crippen LogP contribution in [-0.4, -0.2) is 6.54 Å². The molecule has 0 radical (unpaired) electrons. The molecule has 0 heterocycles. The summed E-state index contributed by atoms with van der Waals surface area (Å²) >= 11 is 0. The minimum atomic E-state index is 0.585. The molecule has 82 valence electrons. The van der Waals surface area contributed by atoms with Gasteiger partial charge >= 0.3 is 0 Å². The summed E-state index contributed by atoms with van der Waals surface area (Å²) in [6.07, 6.45) is 11.5. The Balaban J connectivity index is 1.70. The first-order valence-electron chi connectivity index (χ1n) is 6.50. The Morgan fingerprint density at radius 1 is 1.14 bits per heavy atom. The van der Waals surface area contributed by atoms with E-state index in [0.29, 0.717) is 5.41 Å². The van der Waals surface area contributed by atoms with Crippen LogP contribution in [0, 0.1) is 17.3 Å². The Hall–Kier alpha value is -0.0400. The highest BCUT2D eigenvalue weighted by molar-refractivity contribution is 5.03. The second-order valence-corrected chi connectivity index (χ2v) is 5.68. The molecule has 2 fully saturated rings. The van der Waals surface area contributed by atoms with Crippen molar-refractivity contribution < 1.29 is 0 Å². The number of hydrogen-bond donors (Lipinski definition) is 1. The second kappa shape index (κ2) is 4.22. The standard InChI is InChI=1S/C13H25N/c1-2-3-4-5-6-13(10-14)8-11-7-12(11)9-13/h11-12H,2-10,14H2,1H3. The molecular formula is C13H25N. The maximum Gasteiger partial charge on any atom is -0.00203 e. The number of fused-ring (bicyclic) bond motifs is 1. The third-order valence-electron chi connectivity index (χ3n) is 4.45. The van der Waals surface area contributed by atoms with Gasteiger partial charge in [0.25, 0.3) is 0 Å². The monoisotopic (exact) mass is 195 g/mol. The van der Waals surface area contributed by atoms with Crippen LogP contribution in [0.4, 0.5) is 0 Å². The lowest BCUT2D eigenvalue weighted by molar-refractivity contribution is 0.243. The fourth-order valence-corrected chi connectivity index (χ4v) is 3.41. The van der Waals surface area contributed by atoms with E-state index in [1.165, 1.54) is 51.4 Å². The number of nitrogens with two attached hydrogens (primary N) is 1. The van der Waals surface area contributed by atoms with Gasteiger partial charge in [0.1, 0.15) is 0 Å². The van der Waals surface area contributed by atoms with E-state index in [0.717, 1.165) is 18.4 Å². The summed E-state index contributed by atoms with van der Waals surface area (Å²) in [5.41, 5.74) is 6.55. The molecule has 1 nitrogen and oxygen atoms in total. The van der Waals surface area contributed by atoms with Crippen LogP contribution in [0.5, 0.6) is 0 Å². The first kappa shape index (κ1) is 10.5. The van der Waals surface area contributed by atoms with E-state index in [4.69, 9.17) is 5.73 Å². The number of rotatable bonds is 6. The van der Waals surface area contributed by atoms with Gasteiger partial charge in [0.2, 0.25) is 0 Å². The highest BCUT2D eigenvalue weighted by atomic mass is 14.7. The molecule has 0 saturated heterocycles. The van der Waals surface area contributed by atoms with Crippen molar-refractivity contribution in [2.24, 2.45) is 23.0 Å². The molecule has 2 aliphatic carbocycles.